The summed E-state index contributed by atoms with van der Waals surface area (Å²) in [6.07, 6.45) is 4.94. The fourth-order valence-electron chi connectivity index (χ4n) is 2.38. The Kier molecular flexibility index (Phi) is 10.6. The van der Waals surface area contributed by atoms with Gasteiger partial charge in [0, 0.05) is 61.8 Å². The fourth-order valence-corrected chi connectivity index (χ4v) is 2.68. The molecular weight excluding hydrogens is 324 g/mol. The van der Waals surface area contributed by atoms with Crippen LogP contribution in [0.3, 0.4) is 0 Å². The molecule has 0 amide bonds. The SMILES string of the molecule is C=CC[C@@H]1O[C@H](C[C@@H](CC)OP)[C@H](OC)[C@H]1[CH2-].[Y]. The van der Waals surface area contributed by atoms with E-state index in [0.717, 1.165) is 19.3 Å². The van der Waals surface area contributed by atoms with Gasteiger partial charge in [0.2, 0.25) is 0 Å². The maximum absolute atomic E-state index is 6.00. The van der Waals surface area contributed by atoms with Crippen molar-refractivity contribution in [3.8, 4) is 0 Å². The summed E-state index contributed by atoms with van der Waals surface area (Å²) in [5.74, 6) is 0.157. The van der Waals surface area contributed by atoms with E-state index in [0.29, 0.717) is 0 Å². The monoisotopic (exact) mass is 348 g/mol. The Bertz CT molecular complexity index is 236. The van der Waals surface area contributed by atoms with Crippen LogP contribution in [0, 0.1) is 12.8 Å². The van der Waals surface area contributed by atoms with Gasteiger partial charge in [0.05, 0.1) is 18.3 Å². The van der Waals surface area contributed by atoms with Crippen LogP contribution in [0.5, 0.6) is 0 Å². The van der Waals surface area contributed by atoms with Gasteiger partial charge in [-0.3, -0.25) is 0 Å². The molecule has 1 aliphatic heterocycles. The molecule has 0 aromatic rings. The molecule has 1 heterocycles. The Hall–Kier alpha value is 1.15. The van der Waals surface area contributed by atoms with Gasteiger partial charge in [-0.2, -0.15) is 0 Å². The second-order valence-electron chi connectivity index (χ2n) is 4.50. The number of methoxy groups -OCH3 is 1. The molecule has 1 aliphatic rings. The molecular formula is C13H24O3PY-. The summed E-state index contributed by atoms with van der Waals surface area (Å²) in [5, 5.41) is 0. The van der Waals surface area contributed by atoms with Crippen LogP contribution in [0.4, 0.5) is 0 Å². The molecule has 0 saturated carbocycles. The molecule has 5 heteroatoms. The zero-order valence-corrected chi connectivity index (χ0v) is 15.4. The number of hydrogen-bond acceptors (Lipinski definition) is 3. The van der Waals surface area contributed by atoms with Gasteiger partial charge in [-0.25, -0.2) is 0 Å². The van der Waals surface area contributed by atoms with E-state index < -0.39 is 0 Å². The van der Waals surface area contributed by atoms with Crippen LogP contribution in [0.15, 0.2) is 12.7 Å². The van der Waals surface area contributed by atoms with E-state index in [4.69, 9.17) is 14.0 Å². The minimum absolute atomic E-state index is 0. The van der Waals surface area contributed by atoms with Crippen molar-refractivity contribution in [3.05, 3.63) is 19.6 Å². The van der Waals surface area contributed by atoms with Crippen molar-refractivity contribution < 1.29 is 46.7 Å². The second-order valence-corrected chi connectivity index (χ2v) is 4.78. The van der Waals surface area contributed by atoms with Gasteiger partial charge in [-0.05, 0) is 12.8 Å². The molecule has 0 aliphatic carbocycles. The first kappa shape index (κ1) is 19.2. The summed E-state index contributed by atoms with van der Waals surface area (Å²) in [7, 11) is 4.05. The van der Waals surface area contributed by atoms with Crippen LogP contribution in [0.25, 0.3) is 0 Å². The topological polar surface area (TPSA) is 27.7 Å². The quantitative estimate of drug-likeness (QED) is 0.402. The molecule has 103 valence electrons. The van der Waals surface area contributed by atoms with Crippen molar-refractivity contribution in [2.24, 2.45) is 5.92 Å². The normalized spacial score (nSPS) is 32.9. The summed E-state index contributed by atoms with van der Waals surface area (Å²) < 4.78 is 16.8. The predicted octanol–water partition coefficient (Wildman–Crippen LogP) is 2.77. The van der Waals surface area contributed by atoms with Gasteiger partial charge in [0.15, 0.2) is 0 Å². The molecule has 0 N–H and O–H groups in total. The third kappa shape index (κ3) is 4.92. The number of rotatable bonds is 7. The van der Waals surface area contributed by atoms with E-state index in [9.17, 15) is 0 Å². The Labute approximate surface area is 139 Å². The average molecular weight is 348 g/mol. The van der Waals surface area contributed by atoms with E-state index in [2.05, 4.69) is 29.9 Å². The Morgan fingerprint density at radius 2 is 2.17 bits per heavy atom. The maximum atomic E-state index is 6.00. The summed E-state index contributed by atoms with van der Waals surface area (Å²) in [4.78, 5) is 0. The fraction of sp³-hybridized carbons (Fsp3) is 0.769. The van der Waals surface area contributed by atoms with Crippen LogP contribution in [-0.2, 0) is 46.7 Å². The second kappa shape index (κ2) is 9.96. The first-order valence-corrected chi connectivity index (χ1v) is 6.62. The van der Waals surface area contributed by atoms with Gasteiger partial charge < -0.3 is 20.9 Å². The van der Waals surface area contributed by atoms with Crippen LogP contribution in [0.1, 0.15) is 26.2 Å². The Morgan fingerprint density at radius 3 is 2.61 bits per heavy atom. The average Bonchev–Trinajstić information content (AvgIpc) is 2.63. The maximum Gasteiger partial charge on any atom is 0.0842 e. The largest absolute Gasteiger partial charge is 0.381 e. The van der Waals surface area contributed by atoms with E-state index >= 15 is 0 Å². The molecule has 1 rings (SSSR count). The summed E-state index contributed by atoms with van der Waals surface area (Å²) in [6, 6.07) is 0. The van der Waals surface area contributed by atoms with Gasteiger partial charge in [-0.1, -0.05) is 13.0 Å². The molecule has 18 heavy (non-hydrogen) atoms. The van der Waals surface area contributed by atoms with Crippen molar-refractivity contribution in [2.75, 3.05) is 7.11 Å². The van der Waals surface area contributed by atoms with E-state index in [1.54, 1.807) is 7.11 Å². The molecule has 0 aromatic carbocycles. The predicted molar refractivity (Wildman–Crippen MR) is 72.6 cm³/mol. The van der Waals surface area contributed by atoms with Crippen molar-refractivity contribution >= 4 is 9.47 Å². The standard InChI is InChI=1S/C13H24O3P.Y/c1-5-7-11-9(3)13(14-4)12(15-11)8-10(6-2)16-17;/h5,9-13H,1,3,6-8,17H2,2,4H3;/q-1;/t9-,10+,11-,12+,13+;/m0./s1. The van der Waals surface area contributed by atoms with Gasteiger partial charge in [0.25, 0.3) is 0 Å². The summed E-state index contributed by atoms with van der Waals surface area (Å²) in [6.45, 7) is 10.0. The van der Waals surface area contributed by atoms with E-state index in [1.807, 2.05) is 6.08 Å². The molecule has 0 aromatic heterocycles. The van der Waals surface area contributed by atoms with E-state index in [-0.39, 0.29) is 63.0 Å². The summed E-state index contributed by atoms with van der Waals surface area (Å²) >= 11 is 0. The van der Waals surface area contributed by atoms with Crippen molar-refractivity contribution in [1.29, 1.82) is 0 Å². The first-order chi connectivity index (χ1) is 8.17. The third-order valence-corrected chi connectivity index (χ3v) is 3.81. The van der Waals surface area contributed by atoms with Gasteiger partial charge in [0.1, 0.15) is 0 Å². The molecule has 1 saturated heterocycles. The zero-order valence-electron chi connectivity index (χ0n) is 11.4. The van der Waals surface area contributed by atoms with Crippen LogP contribution < -0.4 is 0 Å². The molecule has 6 atom stereocenters. The van der Waals surface area contributed by atoms with Crippen molar-refractivity contribution in [2.45, 2.75) is 50.6 Å². The Balaban J connectivity index is 0.00000289. The number of ether oxygens (including phenoxy) is 2. The molecule has 3 nitrogen and oxygen atoms in total. The molecule has 0 spiro atoms. The number of hydrogen-bond donors (Lipinski definition) is 0. The molecule has 1 radical (unpaired) electrons. The van der Waals surface area contributed by atoms with Gasteiger partial charge in [-0.15, -0.1) is 12.5 Å². The first-order valence-electron chi connectivity index (χ1n) is 6.15. The zero-order chi connectivity index (χ0) is 12.8. The van der Waals surface area contributed by atoms with Crippen LogP contribution in [-0.4, -0.2) is 31.5 Å². The molecule has 1 fully saturated rings. The van der Waals surface area contributed by atoms with Crippen molar-refractivity contribution in [1.82, 2.24) is 0 Å². The Morgan fingerprint density at radius 1 is 1.50 bits per heavy atom. The molecule has 0 bridgehead atoms. The third-order valence-electron chi connectivity index (χ3n) is 3.43. The van der Waals surface area contributed by atoms with Crippen molar-refractivity contribution in [3.63, 3.8) is 0 Å². The minimum Gasteiger partial charge on any atom is -0.381 e. The van der Waals surface area contributed by atoms with Crippen LogP contribution >= 0.6 is 9.47 Å². The summed E-state index contributed by atoms with van der Waals surface area (Å²) in [5.41, 5.74) is 0. The van der Waals surface area contributed by atoms with Gasteiger partial charge >= 0.3 is 0 Å². The van der Waals surface area contributed by atoms with Crippen LogP contribution in [0.2, 0.25) is 0 Å². The minimum atomic E-state index is 0. The molecule has 1 unspecified atom stereocenters. The smallest absolute Gasteiger partial charge is 0.0842 e. The van der Waals surface area contributed by atoms with E-state index in [1.165, 1.54) is 0 Å².